The van der Waals surface area contributed by atoms with Crippen molar-refractivity contribution >= 4 is 81.6 Å². The van der Waals surface area contributed by atoms with Gasteiger partial charge >= 0.3 is 6.03 Å². The van der Waals surface area contributed by atoms with Gasteiger partial charge in [0.1, 0.15) is 23.9 Å². The topological polar surface area (TPSA) is 442 Å². The number of nitrogens with one attached hydrogen (secondary N) is 8. The van der Waals surface area contributed by atoms with Crippen LogP contribution in [0.5, 0.6) is 5.75 Å². The number of aliphatic hydroxyl groups excluding tert-OH is 2. The van der Waals surface area contributed by atoms with E-state index in [0.717, 1.165) is 26.9 Å². The molecule has 10 atom stereocenters. The number of nitrogens with zero attached hydrogens (tertiary/aromatic N) is 2. The number of primary amides is 2. The van der Waals surface area contributed by atoms with Crippen molar-refractivity contribution in [2.45, 2.75) is 147 Å². The van der Waals surface area contributed by atoms with Gasteiger partial charge in [-0.25, -0.2) is 4.79 Å². The number of likely N-dealkylation sites (tertiary alicyclic amines) is 1. The summed E-state index contributed by atoms with van der Waals surface area (Å²) in [6.07, 6.45) is -2.90. The molecule has 1 aromatic heterocycles. The molecule has 27 heteroatoms. The molecule has 1 aliphatic rings. The molecule has 0 unspecified atom stereocenters. The zero-order valence-corrected chi connectivity index (χ0v) is 51.0. The molecule has 27 nitrogen and oxygen atoms in total. The molecule has 1 fully saturated rings. The van der Waals surface area contributed by atoms with Crippen LogP contribution in [0, 0.1) is 24.7 Å². The number of aliphatic imine (C=N–C) groups is 1. The quantitative estimate of drug-likeness (QED) is 0.0161. The first kappa shape index (κ1) is 70.5. The van der Waals surface area contributed by atoms with Crippen molar-refractivity contribution < 1.29 is 68.1 Å². The number of Topliss-reactive ketones (excluding diaryl/α,β-unsaturated/α-hetero) is 3. The Balaban J connectivity index is 1.29. The van der Waals surface area contributed by atoms with Gasteiger partial charge in [0, 0.05) is 82.2 Å². The molecule has 0 spiro atoms. The van der Waals surface area contributed by atoms with E-state index < -0.39 is 144 Å². The Hall–Kier alpha value is -9.24. The first-order chi connectivity index (χ1) is 42.1. The van der Waals surface area contributed by atoms with Crippen molar-refractivity contribution in [3.8, 4) is 5.75 Å². The summed E-state index contributed by atoms with van der Waals surface area (Å²) in [4.78, 5) is 158. The normalized spacial score (nSPS) is 16.7. The van der Waals surface area contributed by atoms with Gasteiger partial charge in [-0.2, -0.15) is 0 Å². The molecule has 1 saturated heterocycles. The molecule has 5 rings (SSSR count). The number of amides is 9. The number of β-amino-alcohol motifs (C(OH)–C–C–N with tert-alkyl or cyclic N) is 1. The fraction of sp³-hybridized carbons (Fsp3) is 0.484. The van der Waals surface area contributed by atoms with Gasteiger partial charge in [0.25, 0.3) is 0 Å². The smallest absolute Gasteiger partial charge is 0.315 e. The number of para-hydroxylation sites is 1. The maximum atomic E-state index is 14.3. The summed E-state index contributed by atoms with van der Waals surface area (Å²) in [5.74, 6) is -10.7. The number of aliphatic hydroxyl groups is 2. The number of hydrogen-bond donors (Lipinski definition) is 14. The maximum Gasteiger partial charge on any atom is 0.315 e. The minimum Gasteiger partial charge on any atom is -0.508 e. The second kappa shape index (κ2) is 33.8. The van der Waals surface area contributed by atoms with E-state index in [1.54, 1.807) is 30.5 Å². The second-order valence-electron chi connectivity index (χ2n) is 23.1. The Morgan fingerprint density at radius 2 is 1.34 bits per heavy atom. The van der Waals surface area contributed by atoms with E-state index in [9.17, 15) is 68.1 Å². The number of benzene rings is 3. The van der Waals surface area contributed by atoms with E-state index in [1.165, 1.54) is 45.2 Å². The molecular weight excluding hydrogens is 1150 g/mol. The molecule has 3 aromatic carbocycles. The second-order valence-corrected chi connectivity index (χ2v) is 23.1. The largest absolute Gasteiger partial charge is 0.508 e. The Kier molecular flexibility index (Phi) is 26.8. The van der Waals surface area contributed by atoms with Crippen molar-refractivity contribution in [2.24, 2.45) is 39.9 Å². The predicted molar refractivity (Wildman–Crippen MR) is 329 cm³/mol. The number of guanidine groups is 1. The number of aromatic nitrogens is 1. The van der Waals surface area contributed by atoms with Gasteiger partial charge in [-0.05, 0) is 80.3 Å². The van der Waals surface area contributed by atoms with E-state index in [2.05, 4.69) is 47.2 Å². The van der Waals surface area contributed by atoms with Crippen molar-refractivity contribution in [3.05, 3.63) is 101 Å². The van der Waals surface area contributed by atoms with E-state index in [4.69, 9.17) is 17.2 Å². The lowest BCUT2D eigenvalue weighted by atomic mass is 9.90. The van der Waals surface area contributed by atoms with Crippen LogP contribution >= 0.6 is 0 Å². The molecule has 0 radical (unpaired) electrons. The number of phenolic OH excluding ortho intramolecular Hbond substituents is 1. The van der Waals surface area contributed by atoms with Crippen LogP contribution in [0.15, 0.2) is 84.0 Å². The minimum absolute atomic E-state index is 0.0400. The average molecular weight is 1240 g/mol. The van der Waals surface area contributed by atoms with Crippen LogP contribution in [-0.2, 0) is 67.2 Å². The lowest BCUT2D eigenvalue weighted by molar-refractivity contribution is -0.142. The highest BCUT2D eigenvalue weighted by atomic mass is 16.3. The van der Waals surface area contributed by atoms with Crippen LogP contribution < -0.4 is 54.4 Å². The number of nitrogens with two attached hydrogens (primary N) is 3. The number of rotatable bonds is 34. The standard InChI is InChI=1S/C62H85N13O14/c1-33(2)22-46(52(80)26-39(10-9-21-67-61(65)66-6)57(85)73-49(56(64)84)25-40-30-68-45-12-8-7-11-43(40)45)74-62(89)69-31-54(82)47(23-37-15-13-34(3)14-16-37)71-58(86)44(35(4)76)28-53(81)48(29-55(63)83)72-59(87)51-27-42(79)32-75(51)60(88)50(70-36(5)77)24-38-17-19-41(78)20-18-38/h7-8,11-20,30,33,35,39,42,44,46-51,68,76,78-79H,9-10,21-29,31-32H2,1-6H3,(H2,63,83)(H2,64,84)(H,70,77)(H,71,86)(H,72,87)(H,73,85)(H3,65,66,67)(H2,69,74,89)/t35-,39-,42-,44+,46+,47+,48+,49+,50-,51+/m1/s1. The summed E-state index contributed by atoms with van der Waals surface area (Å²) < 4.78 is 0. The van der Waals surface area contributed by atoms with Crippen LogP contribution in [0.3, 0.4) is 0 Å². The van der Waals surface area contributed by atoms with E-state index in [0.29, 0.717) is 17.5 Å². The monoisotopic (exact) mass is 1240 g/mol. The van der Waals surface area contributed by atoms with Crippen molar-refractivity contribution in [2.75, 3.05) is 26.7 Å². The number of urea groups is 1. The highest BCUT2D eigenvalue weighted by Gasteiger charge is 2.43. The molecule has 4 aromatic rings. The molecule has 482 valence electrons. The van der Waals surface area contributed by atoms with Gasteiger partial charge in [-0.1, -0.05) is 74.0 Å². The van der Waals surface area contributed by atoms with E-state index >= 15 is 0 Å². The number of carbonyl (C=O) groups excluding carboxylic acids is 11. The van der Waals surface area contributed by atoms with Gasteiger partial charge in [0.05, 0.1) is 49.2 Å². The molecule has 1 aliphatic heterocycles. The van der Waals surface area contributed by atoms with Gasteiger partial charge in [0.2, 0.25) is 41.4 Å². The van der Waals surface area contributed by atoms with E-state index in [1.807, 2.05) is 45.0 Å². The third-order valence-electron chi connectivity index (χ3n) is 15.3. The molecule has 0 bridgehead atoms. The molecular formula is C62H85N13O14. The maximum absolute atomic E-state index is 14.3. The third-order valence-corrected chi connectivity index (χ3v) is 15.3. The first-order valence-electron chi connectivity index (χ1n) is 29.5. The Morgan fingerprint density at radius 1 is 0.708 bits per heavy atom. The number of carbonyl (C=O) groups is 11. The number of aromatic amines is 1. The van der Waals surface area contributed by atoms with Crippen LogP contribution in [0.4, 0.5) is 4.79 Å². The lowest BCUT2D eigenvalue weighted by Crippen LogP contribution is -2.56. The van der Waals surface area contributed by atoms with Crippen molar-refractivity contribution in [1.82, 2.24) is 47.1 Å². The number of aromatic hydroxyl groups is 1. The van der Waals surface area contributed by atoms with Crippen molar-refractivity contribution in [3.63, 3.8) is 0 Å². The molecule has 2 heterocycles. The Labute approximate surface area is 515 Å². The highest BCUT2D eigenvalue weighted by Crippen LogP contribution is 2.24. The van der Waals surface area contributed by atoms with Crippen LogP contribution in [0.2, 0.25) is 0 Å². The molecule has 9 amide bonds. The summed E-state index contributed by atoms with van der Waals surface area (Å²) >= 11 is 0. The number of fused-ring (bicyclic) bond motifs is 1. The molecule has 17 N–H and O–H groups in total. The summed E-state index contributed by atoms with van der Waals surface area (Å²) in [6.45, 7) is 7.10. The zero-order valence-electron chi connectivity index (χ0n) is 51.0. The fourth-order valence-electron chi connectivity index (χ4n) is 10.5. The zero-order chi connectivity index (χ0) is 65.6. The summed E-state index contributed by atoms with van der Waals surface area (Å²) in [5, 5.41) is 50.7. The van der Waals surface area contributed by atoms with E-state index in [-0.39, 0.29) is 75.7 Å². The average Bonchev–Trinajstić information content (AvgIpc) is 3.84. The Morgan fingerprint density at radius 3 is 1.96 bits per heavy atom. The molecule has 0 aliphatic carbocycles. The number of H-pyrrole nitrogens is 1. The van der Waals surface area contributed by atoms with Gasteiger partial charge in [-0.15, -0.1) is 0 Å². The first-order valence-corrected chi connectivity index (χ1v) is 29.5. The summed E-state index contributed by atoms with van der Waals surface area (Å²) in [6, 6.07) is 11.2. The third kappa shape index (κ3) is 22.1. The Bertz CT molecular complexity index is 3190. The SMILES string of the molecule is CN=C(N)NCCC[C@H](CC(=O)[C@H](CC(C)C)NC(=O)NCC(=O)[C@H](Cc1ccc(C)cc1)NC(=O)[C@@H](CC(=O)[C@H](CC(N)=O)NC(=O)[C@@H]1C[C@@H](O)CN1C(=O)[C@@H](Cc1ccc(O)cc1)NC(C)=O)[C@@H](C)O)C(=O)N[C@@H](Cc1c[nH]c2ccccc12)C(N)=O. The predicted octanol–water partition coefficient (Wildman–Crippen LogP) is -0.380. The number of aryl methyl sites for hydroxylation is 1. The summed E-state index contributed by atoms with van der Waals surface area (Å²) in [7, 11) is 1.50. The molecule has 89 heavy (non-hydrogen) atoms. The fourth-order valence-corrected chi connectivity index (χ4v) is 10.5. The van der Waals surface area contributed by atoms with Crippen LogP contribution in [-0.4, -0.2) is 171 Å². The van der Waals surface area contributed by atoms with Gasteiger partial charge in [0.15, 0.2) is 23.3 Å². The number of ketones is 3. The van der Waals surface area contributed by atoms with Gasteiger partial charge in [-0.3, -0.25) is 52.9 Å². The van der Waals surface area contributed by atoms with Crippen molar-refractivity contribution in [1.29, 1.82) is 0 Å². The summed E-state index contributed by atoms with van der Waals surface area (Å²) in [5.41, 5.74) is 20.7. The minimum atomic E-state index is -1.71. The highest BCUT2D eigenvalue weighted by molar-refractivity contribution is 6.00. The number of hydrogen-bond acceptors (Lipinski definition) is 15. The lowest BCUT2D eigenvalue weighted by Gasteiger charge is -2.30. The van der Waals surface area contributed by atoms with Gasteiger partial charge < -0.3 is 79.6 Å². The number of phenols is 1. The van der Waals surface area contributed by atoms with Crippen LogP contribution in [0.1, 0.15) is 94.9 Å². The van der Waals surface area contributed by atoms with Crippen LogP contribution in [0.25, 0.3) is 10.9 Å². The molecule has 0 saturated carbocycles.